The second-order valence-electron chi connectivity index (χ2n) is 8.86. The Labute approximate surface area is 163 Å². The van der Waals surface area contributed by atoms with E-state index in [1.165, 1.54) is 45.1 Å². The molecule has 4 saturated heterocycles. The van der Waals surface area contributed by atoms with Gasteiger partial charge in [-0.25, -0.2) is 4.79 Å². The van der Waals surface area contributed by atoms with E-state index < -0.39 is 0 Å². The van der Waals surface area contributed by atoms with Crippen LogP contribution in [-0.4, -0.2) is 59.1 Å². The Bertz CT molecular complexity index is 626. The maximum Gasteiger partial charge on any atom is 0.331 e. The van der Waals surface area contributed by atoms with Gasteiger partial charge < -0.3 is 4.74 Å². The van der Waals surface area contributed by atoms with Crippen molar-refractivity contribution in [3.63, 3.8) is 0 Å². The number of carbonyl (C=O) groups is 1. The van der Waals surface area contributed by atoms with Gasteiger partial charge in [-0.2, -0.15) is 0 Å². The van der Waals surface area contributed by atoms with E-state index in [0.717, 1.165) is 43.1 Å². The molecule has 4 aliphatic rings. The van der Waals surface area contributed by atoms with E-state index in [9.17, 15) is 4.79 Å². The summed E-state index contributed by atoms with van der Waals surface area (Å²) in [5.74, 6) is -0.211. The lowest BCUT2D eigenvalue weighted by Crippen LogP contribution is -2.65. The van der Waals surface area contributed by atoms with Gasteiger partial charge in [0.2, 0.25) is 0 Å². The van der Waals surface area contributed by atoms with Crippen molar-refractivity contribution in [2.75, 3.05) is 13.1 Å². The van der Waals surface area contributed by atoms with Crippen LogP contribution in [0.15, 0.2) is 36.5 Å². The number of nitrogens with zero attached hydrogens (tertiary/aromatic N) is 2. The van der Waals surface area contributed by atoms with E-state index >= 15 is 0 Å². The summed E-state index contributed by atoms with van der Waals surface area (Å²) < 4.78 is 5.78. The number of rotatable bonds is 4. The van der Waals surface area contributed by atoms with Crippen LogP contribution in [0.25, 0.3) is 0 Å². The van der Waals surface area contributed by atoms with Crippen molar-refractivity contribution in [3.8, 4) is 0 Å². The van der Waals surface area contributed by atoms with Crippen LogP contribution in [-0.2, 0) is 9.53 Å². The quantitative estimate of drug-likeness (QED) is 0.428. The van der Waals surface area contributed by atoms with Gasteiger partial charge in [-0.3, -0.25) is 9.80 Å². The van der Waals surface area contributed by atoms with Gasteiger partial charge in [0.15, 0.2) is 0 Å². The molecule has 4 heteroatoms. The van der Waals surface area contributed by atoms with Gasteiger partial charge in [0.25, 0.3) is 0 Å². The molecule has 5 atom stereocenters. The molecule has 0 aromatic heterocycles. The highest BCUT2D eigenvalue weighted by Crippen LogP contribution is 2.42. The maximum absolute atomic E-state index is 12.2. The van der Waals surface area contributed by atoms with Crippen molar-refractivity contribution in [1.82, 2.24) is 9.80 Å². The summed E-state index contributed by atoms with van der Waals surface area (Å²) in [7, 11) is 0. The third-order valence-electron chi connectivity index (χ3n) is 7.10. The van der Waals surface area contributed by atoms with Crippen LogP contribution in [0, 0.1) is 0 Å². The first kappa shape index (κ1) is 18.9. The highest BCUT2D eigenvalue weighted by atomic mass is 16.5. The standard InChI is InChI=1S/C23H34N2O2/c1-3-6-17(2)8-9-23(26)27-22-10-12-25-19-13-18-7-4-5-11-24(18)20(14-19)15-21(25)16-22/h3,6,8-9,18-22H,1,4-5,7,10-16H2,2H3/b9-8-,17-6+/t18-,19+,20+,21-,22?/m1/s1. The predicted molar refractivity (Wildman–Crippen MR) is 108 cm³/mol. The Morgan fingerprint density at radius 2 is 1.63 bits per heavy atom. The van der Waals surface area contributed by atoms with Crippen molar-refractivity contribution in [3.05, 3.63) is 36.5 Å². The van der Waals surface area contributed by atoms with E-state index in [1.807, 2.05) is 13.0 Å². The van der Waals surface area contributed by atoms with Gasteiger partial charge in [0, 0.05) is 43.2 Å². The monoisotopic (exact) mass is 370 g/mol. The maximum atomic E-state index is 12.2. The molecule has 4 heterocycles. The summed E-state index contributed by atoms with van der Waals surface area (Å²) >= 11 is 0. The third kappa shape index (κ3) is 4.22. The van der Waals surface area contributed by atoms with Crippen molar-refractivity contribution >= 4 is 5.97 Å². The molecule has 0 radical (unpaired) electrons. The zero-order chi connectivity index (χ0) is 18.8. The fourth-order valence-corrected chi connectivity index (χ4v) is 5.93. The summed E-state index contributed by atoms with van der Waals surface area (Å²) in [4.78, 5) is 17.8. The molecule has 4 nitrogen and oxygen atoms in total. The summed E-state index contributed by atoms with van der Waals surface area (Å²) in [5, 5.41) is 0. The van der Waals surface area contributed by atoms with Crippen molar-refractivity contribution in [2.45, 2.75) is 88.6 Å². The SMILES string of the molecule is C=C/C=C(C)/C=C\C(=O)OC1CCN2[C@@H]3C[C@@H](C[C@@H]2C1)N1CCCC[C@@H]1C3. The van der Waals surface area contributed by atoms with Crippen molar-refractivity contribution in [2.24, 2.45) is 0 Å². The minimum atomic E-state index is -0.211. The van der Waals surface area contributed by atoms with Crippen molar-refractivity contribution < 1.29 is 9.53 Å². The lowest BCUT2D eigenvalue weighted by atomic mass is 9.76. The van der Waals surface area contributed by atoms with Gasteiger partial charge in [-0.05, 0) is 52.0 Å². The van der Waals surface area contributed by atoms with Gasteiger partial charge >= 0.3 is 5.97 Å². The first-order valence-corrected chi connectivity index (χ1v) is 10.8. The van der Waals surface area contributed by atoms with Gasteiger partial charge in [-0.15, -0.1) is 0 Å². The molecule has 4 fully saturated rings. The number of allylic oxidation sites excluding steroid dienone is 4. The number of ether oxygens (including phenoxy) is 1. The van der Waals surface area contributed by atoms with Gasteiger partial charge in [0.05, 0.1) is 0 Å². The van der Waals surface area contributed by atoms with Crippen LogP contribution < -0.4 is 0 Å². The number of esters is 1. The van der Waals surface area contributed by atoms with Crippen LogP contribution in [0.3, 0.4) is 0 Å². The molecule has 0 aliphatic carbocycles. The first-order valence-electron chi connectivity index (χ1n) is 10.8. The minimum absolute atomic E-state index is 0.0723. The predicted octanol–water partition coefficient (Wildman–Crippen LogP) is 3.84. The molecule has 0 N–H and O–H groups in total. The van der Waals surface area contributed by atoms with E-state index in [4.69, 9.17) is 4.74 Å². The average Bonchev–Trinajstić information content (AvgIpc) is 2.67. The molecule has 1 unspecified atom stereocenters. The molecule has 0 aromatic rings. The molecule has 0 amide bonds. The van der Waals surface area contributed by atoms with E-state index in [0.29, 0.717) is 6.04 Å². The van der Waals surface area contributed by atoms with Gasteiger partial charge in [-0.1, -0.05) is 36.8 Å². The fraction of sp³-hybridized carbons (Fsp3) is 0.696. The van der Waals surface area contributed by atoms with Crippen LogP contribution in [0.1, 0.15) is 58.3 Å². The first-order chi connectivity index (χ1) is 13.1. The molecule has 0 spiro atoms. The highest BCUT2D eigenvalue weighted by molar-refractivity contribution is 5.82. The molecule has 4 rings (SSSR count). The van der Waals surface area contributed by atoms with E-state index in [2.05, 4.69) is 16.4 Å². The summed E-state index contributed by atoms with van der Waals surface area (Å²) in [5.41, 5.74) is 1.01. The van der Waals surface area contributed by atoms with Gasteiger partial charge in [0.1, 0.15) is 6.10 Å². The lowest BCUT2D eigenvalue weighted by molar-refractivity contribution is -0.150. The van der Waals surface area contributed by atoms with Crippen LogP contribution >= 0.6 is 0 Å². The Morgan fingerprint density at radius 1 is 0.926 bits per heavy atom. The van der Waals surface area contributed by atoms with Crippen LogP contribution in [0.5, 0.6) is 0 Å². The van der Waals surface area contributed by atoms with E-state index in [1.54, 1.807) is 18.2 Å². The molecule has 2 bridgehead atoms. The number of fused-ring (bicyclic) bond motifs is 6. The van der Waals surface area contributed by atoms with Crippen molar-refractivity contribution in [1.29, 1.82) is 0 Å². The van der Waals surface area contributed by atoms with E-state index in [-0.39, 0.29) is 12.1 Å². The molecule has 148 valence electrons. The summed E-state index contributed by atoms with van der Waals surface area (Å²) in [6.45, 7) is 8.02. The molecular weight excluding hydrogens is 336 g/mol. The normalized spacial score (nSPS) is 37.5. The zero-order valence-electron chi connectivity index (χ0n) is 16.7. The molecule has 4 aliphatic heterocycles. The number of carbonyl (C=O) groups excluding carboxylic acids is 1. The second-order valence-corrected chi connectivity index (χ2v) is 8.86. The minimum Gasteiger partial charge on any atom is -0.459 e. The Morgan fingerprint density at radius 3 is 2.41 bits per heavy atom. The molecule has 0 aromatic carbocycles. The number of hydrogen-bond donors (Lipinski definition) is 0. The van der Waals surface area contributed by atoms with Crippen LogP contribution in [0.4, 0.5) is 0 Å². The Kier molecular flexibility index (Phi) is 5.84. The highest BCUT2D eigenvalue weighted by Gasteiger charge is 2.47. The zero-order valence-corrected chi connectivity index (χ0v) is 16.7. The summed E-state index contributed by atoms with van der Waals surface area (Å²) in [6, 6.07) is 2.94. The average molecular weight is 371 g/mol. The van der Waals surface area contributed by atoms with Crippen LogP contribution in [0.2, 0.25) is 0 Å². The smallest absolute Gasteiger partial charge is 0.331 e. The lowest BCUT2D eigenvalue weighted by Gasteiger charge is -2.58. The number of hydrogen-bond acceptors (Lipinski definition) is 4. The Balaban J connectivity index is 1.34. The molecule has 27 heavy (non-hydrogen) atoms. The number of piperidine rings is 4. The Hall–Kier alpha value is -1.39. The molecular formula is C23H34N2O2. The summed E-state index contributed by atoms with van der Waals surface area (Å²) in [6.07, 6.45) is 17.2. The topological polar surface area (TPSA) is 32.8 Å². The fourth-order valence-electron chi connectivity index (χ4n) is 5.93. The molecule has 0 saturated carbocycles. The second kappa shape index (κ2) is 8.32. The largest absolute Gasteiger partial charge is 0.459 e. The third-order valence-corrected chi connectivity index (χ3v) is 7.10.